The highest BCUT2D eigenvalue weighted by Crippen LogP contribution is 2.08. The predicted molar refractivity (Wildman–Crippen MR) is 50.5 cm³/mol. The average molecular weight is 210 g/mol. The number of benzene rings is 1. The Morgan fingerprint density at radius 2 is 1.87 bits per heavy atom. The molecule has 1 heterocycles. The number of nitrogens with zero attached hydrogens (tertiary/aromatic N) is 1. The minimum absolute atomic E-state index is 0.150. The van der Waals surface area contributed by atoms with Crippen molar-refractivity contribution < 1.29 is 8.78 Å². The first-order chi connectivity index (χ1) is 7.15. The fourth-order valence-electron chi connectivity index (χ4n) is 1.37. The number of imidazole rings is 1. The minimum atomic E-state index is -0.645. The second-order valence-corrected chi connectivity index (χ2v) is 3.17. The molecule has 1 N–H and O–H groups in total. The van der Waals surface area contributed by atoms with Crippen molar-refractivity contribution in [3.05, 3.63) is 58.3 Å². The number of halogens is 2. The van der Waals surface area contributed by atoms with E-state index in [1.165, 1.54) is 29.1 Å². The molecule has 78 valence electrons. The Morgan fingerprint density at radius 1 is 1.20 bits per heavy atom. The summed E-state index contributed by atoms with van der Waals surface area (Å²) >= 11 is 0. The summed E-state index contributed by atoms with van der Waals surface area (Å²) in [6.45, 7) is 0.150. The second-order valence-electron chi connectivity index (χ2n) is 3.17. The van der Waals surface area contributed by atoms with Crippen molar-refractivity contribution in [3.63, 3.8) is 0 Å². The monoisotopic (exact) mass is 210 g/mol. The summed E-state index contributed by atoms with van der Waals surface area (Å²) < 4.78 is 27.0. The van der Waals surface area contributed by atoms with E-state index in [1.54, 1.807) is 0 Å². The highest BCUT2D eigenvalue weighted by atomic mass is 19.1. The van der Waals surface area contributed by atoms with E-state index in [0.717, 1.165) is 6.07 Å². The molecule has 0 bridgehead atoms. The Hall–Kier alpha value is -1.91. The van der Waals surface area contributed by atoms with Crippen LogP contribution in [0.15, 0.2) is 35.4 Å². The SMILES string of the molecule is O=c1[nH]ccn1Cc1cc(F)cc(F)c1. The number of aromatic nitrogens is 2. The Bertz CT molecular complexity index is 510. The van der Waals surface area contributed by atoms with Gasteiger partial charge in [0.2, 0.25) is 0 Å². The van der Waals surface area contributed by atoms with Crippen molar-refractivity contribution in [1.82, 2.24) is 9.55 Å². The normalized spacial score (nSPS) is 10.5. The lowest BCUT2D eigenvalue weighted by atomic mass is 10.2. The van der Waals surface area contributed by atoms with E-state index in [2.05, 4.69) is 4.98 Å². The van der Waals surface area contributed by atoms with Gasteiger partial charge in [0.25, 0.3) is 0 Å². The van der Waals surface area contributed by atoms with Gasteiger partial charge in [0.05, 0.1) is 6.54 Å². The zero-order chi connectivity index (χ0) is 10.8. The number of nitrogens with one attached hydrogen (secondary N) is 1. The Morgan fingerprint density at radius 3 is 2.40 bits per heavy atom. The van der Waals surface area contributed by atoms with Crippen LogP contribution in [0, 0.1) is 11.6 Å². The van der Waals surface area contributed by atoms with Crippen molar-refractivity contribution in [1.29, 1.82) is 0 Å². The van der Waals surface area contributed by atoms with Crippen molar-refractivity contribution in [3.8, 4) is 0 Å². The molecule has 5 heteroatoms. The molecule has 0 fully saturated rings. The van der Waals surface area contributed by atoms with Gasteiger partial charge >= 0.3 is 5.69 Å². The molecule has 0 aliphatic heterocycles. The number of hydrogen-bond donors (Lipinski definition) is 1. The lowest BCUT2D eigenvalue weighted by molar-refractivity contribution is 0.577. The van der Waals surface area contributed by atoms with Gasteiger partial charge < -0.3 is 4.98 Å². The molecule has 0 saturated heterocycles. The molecular formula is C10H8F2N2O. The van der Waals surface area contributed by atoms with Crippen LogP contribution in [0.4, 0.5) is 8.78 Å². The van der Waals surface area contributed by atoms with E-state index < -0.39 is 11.6 Å². The van der Waals surface area contributed by atoms with Gasteiger partial charge in [-0.1, -0.05) is 0 Å². The lowest BCUT2D eigenvalue weighted by Gasteiger charge is -2.02. The molecule has 2 rings (SSSR count). The summed E-state index contributed by atoms with van der Waals surface area (Å²) in [5.74, 6) is -1.29. The second kappa shape index (κ2) is 3.68. The van der Waals surface area contributed by atoms with Crippen molar-refractivity contribution in [2.24, 2.45) is 0 Å². The molecule has 0 amide bonds. The molecule has 0 aliphatic carbocycles. The topological polar surface area (TPSA) is 37.8 Å². The standard InChI is InChI=1S/C10H8F2N2O/c11-8-3-7(4-9(12)5-8)6-14-2-1-13-10(14)15/h1-5H,6H2,(H,13,15). The fourth-order valence-corrected chi connectivity index (χ4v) is 1.37. The molecular weight excluding hydrogens is 202 g/mol. The molecule has 0 saturated carbocycles. The van der Waals surface area contributed by atoms with E-state index >= 15 is 0 Å². The van der Waals surface area contributed by atoms with E-state index in [4.69, 9.17) is 0 Å². The van der Waals surface area contributed by atoms with Gasteiger partial charge in [-0.05, 0) is 17.7 Å². The molecule has 2 aromatic rings. The van der Waals surface area contributed by atoms with Crippen LogP contribution in [0.2, 0.25) is 0 Å². The van der Waals surface area contributed by atoms with Crippen LogP contribution in [0.3, 0.4) is 0 Å². The quantitative estimate of drug-likeness (QED) is 0.801. The zero-order valence-corrected chi connectivity index (χ0v) is 7.71. The minimum Gasteiger partial charge on any atom is -0.313 e. The van der Waals surface area contributed by atoms with Crippen LogP contribution in [0.1, 0.15) is 5.56 Å². The maximum absolute atomic E-state index is 12.8. The van der Waals surface area contributed by atoms with E-state index in [1.807, 2.05) is 0 Å². The smallest absolute Gasteiger partial charge is 0.313 e. The van der Waals surface area contributed by atoms with Gasteiger partial charge in [0, 0.05) is 18.5 Å². The van der Waals surface area contributed by atoms with Crippen LogP contribution in [-0.4, -0.2) is 9.55 Å². The van der Waals surface area contributed by atoms with Crippen LogP contribution < -0.4 is 5.69 Å². The number of aromatic amines is 1. The molecule has 0 radical (unpaired) electrons. The lowest BCUT2D eigenvalue weighted by Crippen LogP contribution is -2.16. The summed E-state index contributed by atoms with van der Waals surface area (Å²) in [5.41, 5.74) is 0.105. The zero-order valence-electron chi connectivity index (χ0n) is 7.71. The molecule has 0 atom stereocenters. The van der Waals surface area contributed by atoms with Gasteiger partial charge in [-0.3, -0.25) is 4.57 Å². The van der Waals surface area contributed by atoms with Crippen LogP contribution in [0.25, 0.3) is 0 Å². The number of H-pyrrole nitrogens is 1. The third-order valence-corrected chi connectivity index (χ3v) is 2.00. The first-order valence-corrected chi connectivity index (χ1v) is 4.34. The molecule has 0 aliphatic rings. The number of hydrogen-bond acceptors (Lipinski definition) is 1. The number of rotatable bonds is 2. The van der Waals surface area contributed by atoms with Crippen molar-refractivity contribution >= 4 is 0 Å². The molecule has 1 aromatic carbocycles. The average Bonchev–Trinajstić information content (AvgIpc) is 2.50. The summed E-state index contributed by atoms with van der Waals surface area (Å²) in [5, 5.41) is 0. The maximum atomic E-state index is 12.8. The predicted octanol–water partition coefficient (Wildman–Crippen LogP) is 1.50. The van der Waals surface area contributed by atoms with Crippen LogP contribution in [0.5, 0.6) is 0 Å². The van der Waals surface area contributed by atoms with E-state index in [0.29, 0.717) is 5.56 Å². The Balaban J connectivity index is 2.32. The van der Waals surface area contributed by atoms with Crippen LogP contribution in [-0.2, 0) is 6.54 Å². The highest BCUT2D eigenvalue weighted by molar-refractivity contribution is 5.18. The van der Waals surface area contributed by atoms with Crippen molar-refractivity contribution in [2.45, 2.75) is 6.54 Å². The van der Waals surface area contributed by atoms with Gasteiger partial charge in [-0.15, -0.1) is 0 Å². The van der Waals surface area contributed by atoms with E-state index in [-0.39, 0.29) is 12.2 Å². The molecule has 0 unspecified atom stereocenters. The van der Waals surface area contributed by atoms with Gasteiger partial charge in [0.1, 0.15) is 11.6 Å². The maximum Gasteiger partial charge on any atom is 0.325 e. The Labute approximate surface area is 84.0 Å². The molecule has 15 heavy (non-hydrogen) atoms. The first-order valence-electron chi connectivity index (χ1n) is 4.34. The third kappa shape index (κ3) is 2.12. The third-order valence-electron chi connectivity index (χ3n) is 2.00. The Kier molecular flexibility index (Phi) is 2.37. The summed E-state index contributed by atoms with van der Waals surface area (Å²) in [6.07, 6.45) is 2.99. The summed E-state index contributed by atoms with van der Waals surface area (Å²) in [6, 6.07) is 3.19. The van der Waals surface area contributed by atoms with Crippen molar-refractivity contribution in [2.75, 3.05) is 0 Å². The first kappa shape index (κ1) is 9.64. The van der Waals surface area contributed by atoms with Gasteiger partial charge in [-0.2, -0.15) is 0 Å². The molecule has 0 spiro atoms. The van der Waals surface area contributed by atoms with Crippen LogP contribution >= 0.6 is 0 Å². The van der Waals surface area contributed by atoms with Gasteiger partial charge in [-0.25, -0.2) is 13.6 Å². The molecule has 1 aromatic heterocycles. The van der Waals surface area contributed by atoms with E-state index in [9.17, 15) is 13.6 Å². The van der Waals surface area contributed by atoms with Gasteiger partial charge in [0.15, 0.2) is 0 Å². The fraction of sp³-hybridized carbons (Fsp3) is 0.100. The summed E-state index contributed by atoms with van der Waals surface area (Å²) in [7, 11) is 0. The largest absolute Gasteiger partial charge is 0.325 e. The highest BCUT2D eigenvalue weighted by Gasteiger charge is 2.02. The molecule has 3 nitrogen and oxygen atoms in total. The summed E-state index contributed by atoms with van der Waals surface area (Å²) in [4.78, 5) is 13.6.